The van der Waals surface area contributed by atoms with Crippen molar-refractivity contribution in [2.24, 2.45) is 0 Å². The quantitative estimate of drug-likeness (QED) is 0.863. The van der Waals surface area contributed by atoms with Crippen LogP contribution in [0.4, 0.5) is 0 Å². The topological polar surface area (TPSA) is 41.1 Å². The van der Waals surface area contributed by atoms with Gasteiger partial charge in [-0.25, -0.2) is 4.98 Å². The van der Waals surface area contributed by atoms with Gasteiger partial charge in [-0.1, -0.05) is 0 Å². The van der Waals surface area contributed by atoms with E-state index < -0.39 is 0 Å². The molecule has 18 heavy (non-hydrogen) atoms. The molecule has 0 aliphatic carbocycles. The molecule has 1 N–H and O–H groups in total. The van der Waals surface area contributed by atoms with E-state index in [0.717, 1.165) is 30.3 Å². The fourth-order valence-electron chi connectivity index (χ4n) is 1.79. The number of hydrogen-bond acceptors (Lipinski definition) is 5. The molecule has 5 heteroatoms. The minimum atomic E-state index is 0.846. The number of hydrogen-bond donors (Lipinski definition) is 1. The minimum Gasteiger partial charge on any atom is -0.314 e. The van der Waals surface area contributed by atoms with Crippen LogP contribution in [0.25, 0.3) is 0 Å². The number of nitrogens with one attached hydrogen (secondary N) is 1. The standard InChI is InChI=1S/C13H18N4S/c1-14-7-13-16-12(10-18-13)9-17(2)8-11-3-5-15-6-4-11/h3-6,10,14H,7-9H2,1-2H3. The van der Waals surface area contributed by atoms with E-state index in [9.17, 15) is 0 Å². The molecule has 0 aliphatic rings. The largest absolute Gasteiger partial charge is 0.314 e. The first-order chi connectivity index (χ1) is 8.78. The van der Waals surface area contributed by atoms with E-state index in [4.69, 9.17) is 0 Å². The Kier molecular flexibility index (Phi) is 4.81. The van der Waals surface area contributed by atoms with E-state index in [2.05, 4.69) is 32.6 Å². The van der Waals surface area contributed by atoms with Gasteiger partial charge in [-0.05, 0) is 31.8 Å². The highest BCUT2D eigenvalue weighted by Crippen LogP contribution is 2.12. The molecule has 0 radical (unpaired) electrons. The van der Waals surface area contributed by atoms with E-state index in [0.29, 0.717) is 0 Å². The number of nitrogens with zero attached hydrogens (tertiary/aromatic N) is 3. The smallest absolute Gasteiger partial charge is 0.107 e. The average Bonchev–Trinajstić information content (AvgIpc) is 2.78. The normalized spacial score (nSPS) is 11.1. The first-order valence-corrected chi connectivity index (χ1v) is 6.81. The Morgan fingerprint density at radius 2 is 2.06 bits per heavy atom. The van der Waals surface area contributed by atoms with Crippen molar-refractivity contribution in [1.29, 1.82) is 0 Å². The van der Waals surface area contributed by atoms with Crippen LogP contribution in [0, 0.1) is 0 Å². The lowest BCUT2D eigenvalue weighted by Gasteiger charge is -2.14. The van der Waals surface area contributed by atoms with Gasteiger partial charge in [0.25, 0.3) is 0 Å². The Bertz CT molecular complexity index is 469. The fraction of sp³-hybridized carbons (Fsp3) is 0.385. The summed E-state index contributed by atoms with van der Waals surface area (Å²) in [5, 5.41) is 6.40. The van der Waals surface area contributed by atoms with Gasteiger partial charge < -0.3 is 5.32 Å². The summed E-state index contributed by atoms with van der Waals surface area (Å²) in [7, 11) is 4.05. The summed E-state index contributed by atoms with van der Waals surface area (Å²) in [5.41, 5.74) is 2.42. The molecule has 0 saturated carbocycles. The van der Waals surface area contributed by atoms with Crippen LogP contribution in [-0.4, -0.2) is 29.0 Å². The molecule has 0 aliphatic heterocycles. The third kappa shape index (κ3) is 3.87. The summed E-state index contributed by atoms with van der Waals surface area (Å²) in [6, 6.07) is 4.09. The maximum Gasteiger partial charge on any atom is 0.107 e. The van der Waals surface area contributed by atoms with Crippen LogP contribution < -0.4 is 5.32 Å². The van der Waals surface area contributed by atoms with Gasteiger partial charge in [0.2, 0.25) is 0 Å². The van der Waals surface area contributed by atoms with Crippen LogP contribution >= 0.6 is 11.3 Å². The monoisotopic (exact) mass is 262 g/mol. The van der Waals surface area contributed by atoms with Crippen LogP contribution in [0.1, 0.15) is 16.3 Å². The van der Waals surface area contributed by atoms with Crippen LogP contribution in [0.3, 0.4) is 0 Å². The summed E-state index contributed by atoms with van der Waals surface area (Å²) >= 11 is 1.71. The van der Waals surface area contributed by atoms with Gasteiger partial charge in [0.15, 0.2) is 0 Å². The number of pyridine rings is 1. The van der Waals surface area contributed by atoms with Crippen LogP contribution in [0.5, 0.6) is 0 Å². The second-order valence-electron chi connectivity index (χ2n) is 4.29. The first kappa shape index (κ1) is 13.1. The van der Waals surface area contributed by atoms with Crippen LogP contribution in [0.2, 0.25) is 0 Å². The van der Waals surface area contributed by atoms with Gasteiger partial charge in [0, 0.05) is 37.4 Å². The molecule has 2 aromatic rings. The zero-order valence-electron chi connectivity index (χ0n) is 10.8. The average molecular weight is 262 g/mol. The predicted octanol–water partition coefficient (Wildman–Crippen LogP) is 1.89. The number of rotatable bonds is 6. The van der Waals surface area contributed by atoms with Gasteiger partial charge >= 0.3 is 0 Å². The van der Waals surface area contributed by atoms with Crippen molar-refractivity contribution >= 4 is 11.3 Å². The zero-order chi connectivity index (χ0) is 12.8. The van der Waals surface area contributed by atoms with Gasteiger partial charge in [0.05, 0.1) is 5.69 Å². The van der Waals surface area contributed by atoms with E-state index in [-0.39, 0.29) is 0 Å². The zero-order valence-corrected chi connectivity index (χ0v) is 11.6. The van der Waals surface area contributed by atoms with Crippen molar-refractivity contribution in [2.75, 3.05) is 14.1 Å². The Labute approximate surface area is 112 Å². The van der Waals surface area contributed by atoms with Gasteiger partial charge in [0.1, 0.15) is 5.01 Å². The van der Waals surface area contributed by atoms with Crippen molar-refractivity contribution in [3.05, 3.63) is 46.2 Å². The maximum absolute atomic E-state index is 4.58. The van der Waals surface area contributed by atoms with Crippen molar-refractivity contribution in [2.45, 2.75) is 19.6 Å². The molecule has 0 saturated heterocycles. The molecule has 0 amide bonds. The lowest BCUT2D eigenvalue weighted by molar-refractivity contribution is 0.315. The van der Waals surface area contributed by atoms with Gasteiger partial charge in [-0.2, -0.15) is 0 Å². The van der Waals surface area contributed by atoms with Crippen molar-refractivity contribution in [1.82, 2.24) is 20.2 Å². The second kappa shape index (κ2) is 6.58. The van der Waals surface area contributed by atoms with Crippen LogP contribution in [-0.2, 0) is 19.6 Å². The molecule has 0 unspecified atom stereocenters. The molecule has 0 fully saturated rings. The molecule has 0 atom stereocenters. The van der Waals surface area contributed by atoms with Crippen molar-refractivity contribution in [3.63, 3.8) is 0 Å². The van der Waals surface area contributed by atoms with Crippen molar-refractivity contribution in [3.8, 4) is 0 Å². The van der Waals surface area contributed by atoms with Gasteiger partial charge in [-0.3, -0.25) is 9.88 Å². The lowest BCUT2D eigenvalue weighted by atomic mass is 10.2. The third-order valence-electron chi connectivity index (χ3n) is 2.56. The van der Waals surface area contributed by atoms with E-state index in [1.807, 2.05) is 31.6 Å². The SMILES string of the molecule is CNCc1nc(CN(C)Cc2ccncc2)cs1. The molecule has 2 heterocycles. The second-order valence-corrected chi connectivity index (χ2v) is 5.23. The maximum atomic E-state index is 4.58. The molecule has 0 aromatic carbocycles. The molecule has 2 rings (SSSR count). The molecule has 0 spiro atoms. The summed E-state index contributed by atoms with van der Waals surface area (Å²) in [6.07, 6.45) is 3.66. The molecule has 96 valence electrons. The summed E-state index contributed by atoms with van der Waals surface area (Å²) < 4.78 is 0. The lowest BCUT2D eigenvalue weighted by Crippen LogP contribution is -2.17. The molecular weight excluding hydrogens is 244 g/mol. The third-order valence-corrected chi connectivity index (χ3v) is 3.46. The molecule has 2 aromatic heterocycles. The Morgan fingerprint density at radius 1 is 1.28 bits per heavy atom. The Balaban J connectivity index is 1.88. The number of aromatic nitrogens is 2. The highest BCUT2D eigenvalue weighted by Gasteiger charge is 2.05. The van der Waals surface area contributed by atoms with E-state index in [1.54, 1.807) is 11.3 Å². The molecule has 4 nitrogen and oxygen atoms in total. The Hall–Kier alpha value is -1.30. The van der Waals surface area contributed by atoms with E-state index >= 15 is 0 Å². The highest BCUT2D eigenvalue weighted by molar-refractivity contribution is 7.09. The first-order valence-electron chi connectivity index (χ1n) is 5.93. The molecular formula is C13H18N4S. The molecule has 0 bridgehead atoms. The van der Waals surface area contributed by atoms with Crippen molar-refractivity contribution < 1.29 is 0 Å². The Morgan fingerprint density at radius 3 is 2.78 bits per heavy atom. The highest BCUT2D eigenvalue weighted by atomic mass is 32.1. The fourth-order valence-corrected chi connectivity index (χ4v) is 2.58. The summed E-state index contributed by atoms with van der Waals surface area (Å²) in [4.78, 5) is 10.9. The number of thiazole rings is 1. The summed E-state index contributed by atoms with van der Waals surface area (Å²) in [5.74, 6) is 0. The predicted molar refractivity (Wildman–Crippen MR) is 74.3 cm³/mol. The minimum absolute atomic E-state index is 0.846. The van der Waals surface area contributed by atoms with Crippen LogP contribution in [0.15, 0.2) is 29.9 Å². The van der Waals surface area contributed by atoms with Gasteiger partial charge in [-0.15, -0.1) is 11.3 Å². The van der Waals surface area contributed by atoms with E-state index in [1.165, 1.54) is 5.56 Å². The summed E-state index contributed by atoms with van der Waals surface area (Å²) in [6.45, 7) is 2.64.